The lowest BCUT2D eigenvalue weighted by Crippen LogP contribution is -2.61. The Balaban J connectivity index is 1.70. The zero-order chi connectivity index (χ0) is 15.7. The van der Waals surface area contributed by atoms with Crippen LogP contribution in [0.15, 0.2) is 24.3 Å². The van der Waals surface area contributed by atoms with E-state index in [4.69, 9.17) is 9.47 Å². The molecule has 1 aromatic carbocycles. The first-order chi connectivity index (χ1) is 10.6. The Morgan fingerprint density at radius 1 is 1.27 bits per heavy atom. The van der Waals surface area contributed by atoms with Gasteiger partial charge in [-0.2, -0.15) is 0 Å². The lowest BCUT2D eigenvalue weighted by molar-refractivity contribution is -0.0531. The molecule has 3 rings (SSSR count). The van der Waals surface area contributed by atoms with Crippen LogP contribution in [0.25, 0.3) is 0 Å². The molecule has 0 N–H and O–H groups in total. The van der Waals surface area contributed by atoms with Crippen molar-refractivity contribution in [2.45, 2.75) is 19.6 Å². The van der Waals surface area contributed by atoms with Gasteiger partial charge in [-0.15, -0.1) is 0 Å². The van der Waals surface area contributed by atoms with Crippen LogP contribution in [-0.4, -0.2) is 60.2 Å². The van der Waals surface area contributed by atoms with Gasteiger partial charge in [0.2, 0.25) is 11.5 Å². The van der Waals surface area contributed by atoms with Crippen molar-refractivity contribution in [3.05, 3.63) is 29.8 Å². The molecule has 0 bridgehead atoms. The van der Waals surface area contributed by atoms with Gasteiger partial charge in [-0.3, -0.25) is 9.69 Å². The van der Waals surface area contributed by atoms with Crippen LogP contribution in [0.4, 0.5) is 4.79 Å². The molecule has 0 aliphatic carbocycles. The van der Waals surface area contributed by atoms with Gasteiger partial charge in [0.15, 0.2) is 0 Å². The third kappa shape index (κ3) is 2.33. The van der Waals surface area contributed by atoms with Crippen molar-refractivity contribution >= 4 is 11.9 Å². The van der Waals surface area contributed by atoms with Gasteiger partial charge in [0.1, 0.15) is 5.75 Å². The predicted octanol–water partition coefficient (Wildman–Crippen LogP) is 1.75. The van der Waals surface area contributed by atoms with E-state index in [2.05, 4.69) is 0 Å². The number of ether oxygens (including phenoxy) is 2. The average molecular weight is 304 g/mol. The van der Waals surface area contributed by atoms with Gasteiger partial charge in [0.25, 0.3) is 0 Å². The van der Waals surface area contributed by atoms with Crippen LogP contribution in [0.3, 0.4) is 0 Å². The van der Waals surface area contributed by atoms with Crippen LogP contribution in [0.1, 0.15) is 24.2 Å². The predicted molar refractivity (Wildman–Crippen MR) is 80.0 cm³/mol. The number of hydrogen-bond donors (Lipinski definition) is 0. The number of benzene rings is 1. The van der Waals surface area contributed by atoms with Crippen molar-refractivity contribution in [1.82, 2.24) is 9.80 Å². The maximum atomic E-state index is 12.7. The zero-order valence-electron chi connectivity index (χ0n) is 12.9. The molecule has 1 atom stereocenters. The molecular weight excluding hydrogens is 284 g/mol. The molecule has 1 amide bonds. The number of rotatable bonds is 2. The van der Waals surface area contributed by atoms with E-state index in [-0.39, 0.29) is 11.9 Å². The molecule has 1 fully saturated rings. The van der Waals surface area contributed by atoms with Crippen LogP contribution in [0.5, 0.6) is 5.75 Å². The molecule has 0 radical (unpaired) electrons. The molecular formula is C16H20N2O4. The number of piperazine rings is 1. The van der Waals surface area contributed by atoms with Gasteiger partial charge in [0, 0.05) is 26.2 Å². The fourth-order valence-electron chi connectivity index (χ4n) is 2.99. The highest BCUT2D eigenvalue weighted by Gasteiger charge is 2.49. The molecule has 0 aromatic heterocycles. The maximum Gasteiger partial charge on any atom is 0.409 e. The third-order valence-electron chi connectivity index (χ3n) is 4.27. The number of ketones is 1. The Kier molecular flexibility index (Phi) is 3.78. The summed E-state index contributed by atoms with van der Waals surface area (Å²) < 4.78 is 10.9. The van der Waals surface area contributed by atoms with Crippen molar-refractivity contribution in [2.75, 3.05) is 32.8 Å². The minimum atomic E-state index is -0.982. The quantitative estimate of drug-likeness (QED) is 0.833. The zero-order valence-corrected chi connectivity index (χ0v) is 12.9. The third-order valence-corrected chi connectivity index (χ3v) is 4.27. The van der Waals surface area contributed by atoms with Gasteiger partial charge < -0.3 is 14.4 Å². The number of fused-ring (bicyclic) bond motifs is 1. The molecule has 6 nitrogen and oxygen atoms in total. The minimum absolute atomic E-state index is 0.0207. The number of nitrogens with zero attached hydrogens (tertiary/aromatic N) is 2. The molecule has 118 valence electrons. The first-order valence-corrected chi connectivity index (χ1v) is 7.56. The number of hydrogen-bond acceptors (Lipinski definition) is 5. The van der Waals surface area contributed by atoms with Gasteiger partial charge in [0.05, 0.1) is 12.2 Å². The highest BCUT2D eigenvalue weighted by Crippen LogP contribution is 2.37. The average Bonchev–Trinajstić information content (AvgIpc) is 2.80. The second kappa shape index (κ2) is 5.61. The van der Waals surface area contributed by atoms with Gasteiger partial charge in [-0.25, -0.2) is 4.79 Å². The first-order valence-electron chi connectivity index (χ1n) is 7.56. The lowest BCUT2D eigenvalue weighted by Gasteiger charge is -2.41. The first kappa shape index (κ1) is 14.8. The van der Waals surface area contributed by atoms with E-state index in [9.17, 15) is 9.59 Å². The van der Waals surface area contributed by atoms with E-state index in [0.29, 0.717) is 44.1 Å². The van der Waals surface area contributed by atoms with Crippen molar-refractivity contribution in [2.24, 2.45) is 0 Å². The smallest absolute Gasteiger partial charge is 0.409 e. The maximum absolute atomic E-state index is 12.7. The Morgan fingerprint density at radius 3 is 2.59 bits per heavy atom. The SMILES string of the molecule is CCOC(=O)N1CCN(C2(C)Oc3ccccc3C2=O)CC1. The summed E-state index contributed by atoms with van der Waals surface area (Å²) in [5.74, 6) is 0.607. The Labute approximate surface area is 129 Å². The van der Waals surface area contributed by atoms with Gasteiger partial charge in [-0.1, -0.05) is 12.1 Å². The molecule has 1 unspecified atom stereocenters. The van der Waals surface area contributed by atoms with E-state index in [1.807, 2.05) is 23.1 Å². The number of Topliss-reactive ketones (excluding diaryl/α,β-unsaturated/α-hetero) is 1. The molecule has 2 aliphatic heterocycles. The van der Waals surface area contributed by atoms with Gasteiger partial charge in [-0.05, 0) is 26.0 Å². The van der Waals surface area contributed by atoms with Crippen molar-refractivity contribution in [1.29, 1.82) is 0 Å². The summed E-state index contributed by atoms with van der Waals surface area (Å²) in [6.07, 6.45) is -0.297. The summed E-state index contributed by atoms with van der Waals surface area (Å²) in [7, 11) is 0. The fraction of sp³-hybridized carbons (Fsp3) is 0.500. The van der Waals surface area contributed by atoms with Crippen molar-refractivity contribution in [3.8, 4) is 5.75 Å². The molecule has 2 aliphatic rings. The molecule has 0 spiro atoms. The molecule has 1 aromatic rings. The van der Waals surface area contributed by atoms with E-state index in [1.54, 1.807) is 24.8 Å². The number of para-hydroxylation sites is 1. The molecule has 2 heterocycles. The monoisotopic (exact) mass is 304 g/mol. The van der Waals surface area contributed by atoms with Crippen molar-refractivity contribution in [3.63, 3.8) is 0 Å². The van der Waals surface area contributed by atoms with Crippen LogP contribution >= 0.6 is 0 Å². The summed E-state index contributed by atoms with van der Waals surface area (Å²) in [5.41, 5.74) is -0.359. The normalized spacial score (nSPS) is 24.8. The largest absolute Gasteiger partial charge is 0.464 e. The standard InChI is InChI=1S/C16H20N2O4/c1-3-21-15(20)17-8-10-18(11-9-17)16(2)14(19)12-6-4-5-7-13(12)22-16/h4-7H,3,8-11H2,1-2H3. The molecule has 1 saturated heterocycles. The van der Waals surface area contributed by atoms with E-state index in [1.165, 1.54) is 0 Å². The molecule has 6 heteroatoms. The highest BCUT2D eigenvalue weighted by atomic mass is 16.6. The summed E-state index contributed by atoms with van der Waals surface area (Å²) >= 11 is 0. The fourth-order valence-corrected chi connectivity index (χ4v) is 2.99. The van der Waals surface area contributed by atoms with Crippen LogP contribution in [-0.2, 0) is 4.74 Å². The Hall–Kier alpha value is -2.08. The summed E-state index contributed by atoms with van der Waals surface area (Å²) in [5, 5.41) is 0. The summed E-state index contributed by atoms with van der Waals surface area (Å²) in [4.78, 5) is 28.1. The second-order valence-electron chi connectivity index (χ2n) is 5.58. The molecule has 0 saturated carbocycles. The topological polar surface area (TPSA) is 59.1 Å². The lowest BCUT2D eigenvalue weighted by atomic mass is 10.0. The van der Waals surface area contributed by atoms with Crippen LogP contribution in [0.2, 0.25) is 0 Å². The number of carbonyl (C=O) groups excluding carboxylic acids is 2. The number of amides is 1. The van der Waals surface area contributed by atoms with Crippen LogP contribution in [0, 0.1) is 0 Å². The van der Waals surface area contributed by atoms with E-state index < -0.39 is 5.72 Å². The van der Waals surface area contributed by atoms with E-state index in [0.717, 1.165) is 0 Å². The minimum Gasteiger partial charge on any atom is -0.464 e. The summed E-state index contributed by atoms with van der Waals surface area (Å²) in [6, 6.07) is 7.30. The van der Waals surface area contributed by atoms with Gasteiger partial charge >= 0.3 is 6.09 Å². The van der Waals surface area contributed by atoms with Crippen molar-refractivity contribution < 1.29 is 19.1 Å². The van der Waals surface area contributed by atoms with Crippen LogP contribution < -0.4 is 4.74 Å². The summed E-state index contributed by atoms with van der Waals surface area (Å²) in [6.45, 7) is 6.17. The second-order valence-corrected chi connectivity index (χ2v) is 5.58. The van der Waals surface area contributed by atoms with E-state index >= 15 is 0 Å². The Bertz CT molecular complexity index is 596. The number of carbonyl (C=O) groups is 2. The molecule has 22 heavy (non-hydrogen) atoms. The Morgan fingerprint density at radius 2 is 1.95 bits per heavy atom. The highest BCUT2D eigenvalue weighted by molar-refractivity contribution is 6.06.